The van der Waals surface area contributed by atoms with Crippen molar-refractivity contribution in [3.8, 4) is 5.75 Å². The maximum Gasteiger partial charge on any atom is 0.422 e. The number of fused-ring (bicyclic) bond motifs is 1. The predicted octanol–water partition coefficient (Wildman–Crippen LogP) is 2.20. The predicted molar refractivity (Wildman–Crippen MR) is 179 cm³/mol. The van der Waals surface area contributed by atoms with Crippen LogP contribution in [0, 0.1) is 11.3 Å². The second-order valence-corrected chi connectivity index (χ2v) is 13.8. The molecule has 0 bridgehead atoms. The largest absolute Gasteiger partial charge is 0.497 e. The molecule has 13 heteroatoms. The van der Waals surface area contributed by atoms with Crippen LogP contribution in [0.15, 0.2) is 48.5 Å². The number of carbonyl (C=O) groups excluding carboxylic acids is 2. The Morgan fingerprint density at radius 3 is 2.40 bits per heavy atom. The zero-order valence-corrected chi connectivity index (χ0v) is 28.4. The number of nitrogens with zero attached hydrogens (tertiary/aromatic N) is 2. The van der Waals surface area contributed by atoms with E-state index in [2.05, 4.69) is 15.6 Å². The lowest BCUT2D eigenvalue weighted by Gasteiger charge is -2.33. The van der Waals surface area contributed by atoms with Crippen molar-refractivity contribution in [1.29, 1.82) is 0 Å². The fourth-order valence-electron chi connectivity index (χ4n) is 6.16. The van der Waals surface area contributed by atoms with Crippen molar-refractivity contribution in [3.05, 3.63) is 59.7 Å². The van der Waals surface area contributed by atoms with Crippen molar-refractivity contribution >= 4 is 17.7 Å². The Balaban J connectivity index is 1.32. The molecule has 2 amide bonds. The number of aliphatic hydroxyl groups excluding tert-OH is 1. The molecule has 48 heavy (non-hydrogen) atoms. The number of hydrazine groups is 1. The normalized spacial score (nSPS) is 22.9. The number of amides is 2. The molecule has 0 aromatic heterocycles. The highest BCUT2D eigenvalue weighted by Gasteiger charge is 2.44. The molecule has 13 nitrogen and oxygen atoms in total. The first-order chi connectivity index (χ1) is 23.0. The average Bonchev–Trinajstić information content (AvgIpc) is 3.70. The minimum Gasteiger partial charge on any atom is -0.497 e. The van der Waals surface area contributed by atoms with Gasteiger partial charge in [0.05, 0.1) is 57.6 Å². The number of nitrogens with two attached hydrogens (primary N) is 1. The van der Waals surface area contributed by atoms with E-state index >= 15 is 0 Å². The number of hydrogen-bond donors (Lipinski definition) is 4. The molecule has 3 saturated heterocycles. The Morgan fingerprint density at radius 2 is 1.73 bits per heavy atom. The number of anilines is 1. The van der Waals surface area contributed by atoms with Gasteiger partial charge in [0.15, 0.2) is 6.29 Å². The maximum absolute atomic E-state index is 13.3. The summed E-state index contributed by atoms with van der Waals surface area (Å²) in [5.74, 6) is 0.317. The van der Waals surface area contributed by atoms with Crippen LogP contribution in [0.1, 0.15) is 38.3 Å². The number of nitrogens with one attached hydrogen (secondary N) is 2. The topological polar surface area (TPSA) is 157 Å². The van der Waals surface area contributed by atoms with Crippen LogP contribution in [0.4, 0.5) is 10.5 Å². The highest BCUT2D eigenvalue weighted by atomic mass is 16.7. The molecule has 5 N–H and O–H groups in total. The minimum absolute atomic E-state index is 0.0114. The number of rotatable bonds is 13. The van der Waals surface area contributed by atoms with Crippen LogP contribution in [-0.4, -0.2) is 106 Å². The number of benzene rings is 2. The van der Waals surface area contributed by atoms with Gasteiger partial charge >= 0.3 is 6.09 Å². The first kappa shape index (κ1) is 35.8. The summed E-state index contributed by atoms with van der Waals surface area (Å²) >= 11 is 0. The fourth-order valence-corrected chi connectivity index (χ4v) is 6.16. The Labute approximate surface area is 282 Å². The van der Waals surface area contributed by atoms with Crippen LogP contribution >= 0.6 is 0 Å². The SMILES string of the molecule is COc1ccc(CC(NC(=O)C(N)C(C)(C)C)C(O)CN(Cc2ccc(N3CCOCC3)cc2)NC(=O)OC2COC3OCCC23)cc1. The van der Waals surface area contributed by atoms with Gasteiger partial charge in [-0.1, -0.05) is 45.0 Å². The van der Waals surface area contributed by atoms with E-state index in [1.54, 1.807) is 12.1 Å². The summed E-state index contributed by atoms with van der Waals surface area (Å²) in [6.45, 7) is 9.79. The first-order valence-electron chi connectivity index (χ1n) is 16.7. The van der Waals surface area contributed by atoms with Crippen LogP contribution in [0.25, 0.3) is 0 Å². The molecule has 264 valence electrons. The summed E-state index contributed by atoms with van der Waals surface area (Å²) in [5.41, 5.74) is 11.6. The standard InChI is InChI=1S/C35H51N5O8/c1-35(2,3)31(36)32(42)37-28(19-23-7-11-26(44-4)12-8-23)29(41)21-40(38-34(43)48-30-22-47-33-27(30)13-16-46-33)20-24-5-9-25(10-6-24)39-14-17-45-18-15-39/h5-12,27-31,33,41H,13-22,36H2,1-4H3,(H,37,42)(H,38,43). The number of ether oxygens (including phenoxy) is 5. The highest BCUT2D eigenvalue weighted by Crippen LogP contribution is 2.33. The lowest BCUT2D eigenvalue weighted by atomic mass is 9.86. The molecule has 0 radical (unpaired) electrons. The van der Waals surface area contributed by atoms with Gasteiger partial charge in [0.2, 0.25) is 5.91 Å². The van der Waals surface area contributed by atoms with E-state index < -0.39 is 35.8 Å². The van der Waals surface area contributed by atoms with Gasteiger partial charge in [0, 0.05) is 31.9 Å². The summed E-state index contributed by atoms with van der Waals surface area (Å²) in [4.78, 5) is 28.8. The van der Waals surface area contributed by atoms with Gasteiger partial charge in [-0.05, 0) is 53.6 Å². The first-order valence-corrected chi connectivity index (χ1v) is 16.7. The third-order valence-corrected chi connectivity index (χ3v) is 9.21. The van der Waals surface area contributed by atoms with Crippen LogP contribution in [0.2, 0.25) is 0 Å². The lowest BCUT2D eigenvalue weighted by Crippen LogP contribution is -2.57. The van der Waals surface area contributed by atoms with E-state index in [1.165, 1.54) is 0 Å². The van der Waals surface area contributed by atoms with Gasteiger partial charge in [-0.25, -0.2) is 9.80 Å². The lowest BCUT2D eigenvalue weighted by molar-refractivity contribution is -0.126. The van der Waals surface area contributed by atoms with Crippen molar-refractivity contribution in [2.75, 3.05) is 58.1 Å². The van der Waals surface area contributed by atoms with Crippen LogP contribution in [0.3, 0.4) is 0 Å². The average molecular weight is 670 g/mol. The minimum atomic E-state index is -1.10. The third-order valence-electron chi connectivity index (χ3n) is 9.21. The molecule has 0 aliphatic carbocycles. The molecule has 6 unspecified atom stereocenters. The van der Waals surface area contributed by atoms with Gasteiger partial charge < -0.3 is 44.7 Å². The Kier molecular flexibility index (Phi) is 12.2. The molecule has 0 spiro atoms. The molecule has 3 aliphatic rings. The summed E-state index contributed by atoms with van der Waals surface area (Å²) < 4.78 is 27.8. The number of methoxy groups -OCH3 is 1. The summed E-state index contributed by atoms with van der Waals surface area (Å²) in [7, 11) is 1.60. The summed E-state index contributed by atoms with van der Waals surface area (Å²) in [6, 6.07) is 14.0. The van der Waals surface area contributed by atoms with E-state index in [9.17, 15) is 14.7 Å². The summed E-state index contributed by atoms with van der Waals surface area (Å²) in [6.07, 6.45) is -1.46. The molecule has 3 fully saturated rings. The molecule has 0 saturated carbocycles. The summed E-state index contributed by atoms with van der Waals surface area (Å²) in [5, 5.41) is 16.3. The van der Waals surface area contributed by atoms with Crippen LogP contribution in [-0.2, 0) is 36.7 Å². The molecule has 6 atom stereocenters. The van der Waals surface area contributed by atoms with Crippen molar-refractivity contribution < 1.29 is 38.4 Å². The Morgan fingerprint density at radius 1 is 1.04 bits per heavy atom. The highest BCUT2D eigenvalue weighted by molar-refractivity contribution is 5.82. The van der Waals surface area contributed by atoms with Gasteiger partial charge in [0.25, 0.3) is 0 Å². The maximum atomic E-state index is 13.3. The second-order valence-electron chi connectivity index (χ2n) is 13.8. The van der Waals surface area contributed by atoms with Gasteiger partial charge in [0.1, 0.15) is 11.9 Å². The third kappa shape index (κ3) is 9.58. The number of morpholine rings is 1. The van der Waals surface area contributed by atoms with Crippen molar-refractivity contribution in [2.24, 2.45) is 17.1 Å². The zero-order chi connectivity index (χ0) is 34.3. The number of aliphatic hydroxyl groups is 1. The van der Waals surface area contributed by atoms with Gasteiger partial charge in [-0.2, -0.15) is 0 Å². The molecule has 3 heterocycles. The molecule has 2 aromatic rings. The van der Waals surface area contributed by atoms with Crippen molar-refractivity contribution in [1.82, 2.24) is 15.8 Å². The van der Waals surface area contributed by atoms with Crippen LogP contribution in [0.5, 0.6) is 5.75 Å². The number of hydrogen-bond acceptors (Lipinski definition) is 11. The zero-order valence-electron chi connectivity index (χ0n) is 28.4. The molecule has 5 rings (SSSR count). The second kappa shape index (κ2) is 16.3. The van der Waals surface area contributed by atoms with Gasteiger partial charge in [-0.15, -0.1) is 0 Å². The monoisotopic (exact) mass is 669 g/mol. The quantitative estimate of drug-likeness (QED) is 0.232. The van der Waals surface area contributed by atoms with E-state index in [4.69, 9.17) is 29.4 Å². The van der Waals surface area contributed by atoms with Crippen molar-refractivity contribution in [2.45, 2.75) is 70.7 Å². The van der Waals surface area contributed by atoms with E-state index in [1.807, 2.05) is 69.3 Å². The van der Waals surface area contributed by atoms with E-state index in [0.29, 0.717) is 32.0 Å². The molecule has 2 aromatic carbocycles. The van der Waals surface area contributed by atoms with Crippen LogP contribution < -0.4 is 26.1 Å². The van der Waals surface area contributed by atoms with Gasteiger partial charge in [-0.3, -0.25) is 10.2 Å². The Hall–Kier alpha value is -3.46. The smallest absolute Gasteiger partial charge is 0.422 e. The molecular weight excluding hydrogens is 618 g/mol. The van der Waals surface area contributed by atoms with Crippen molar-refractivity contribution in [3.63, 3.8) is 0 Å². The molecule has 3 aliphatic heterocycles. The molecular formula is C35H51N5O8. The van der Waals surface area contributed by atoms with E-state index in [-0.39, 0.29) is 37.8 Å². The fraction of sp³-hybridized carbons (Fsp3) is 0.600. The van der Waals surface area contributed by atoms with E-state index in [0.717, 1.165) is 36.3 Å². The Bertz CT molecular complexity index is 1330. The number of carbonyl (C=O) groups is 2.